The lowest BCUT2D eigenvalue weighted by Gasteiger charge is -2.13. The lowest BCUT2D eigenvalue weighted by Crippen LogP contribution is -2.31. The molecule has 0 aliphatic rings. The van der Waals surface area contributed by atoms with E-state index in [1.165, 1.54) is 4.88 Å². The molecule has 1 aromatic rings. The molecule has 6 heteroatoms. The highest BCUT2D eigenvalue weighted by atomic mass is 32.2. The second-order valence-corrected chi connectivity index (χ2v) is 7.09. The van der Waals surface area contributed by atoms with Crippen molar-refractivity contribution in [3.05, 3.63) is 16.1 Å². The van der Waals surface area contributed by atoms with Crippen LogP contribution in [0.1, 0.15) is 23.9 Å². The first kappa shape index (κ1) is 17.9. The van der Waals surface area contributed by atoms with Gasteiger partial charge in [-0.1, -0.05) is 6.92 Å². The first-order chi connectivity index (χ1) is 9.63. The van der Waals surface area contributed by atoms with E-state index in [1.807, 2.05) is 24.2 Å². The molecule has 1 aromatic heterocycles. The van der Waals surface area contributed by atoms with Crippen LogP contribution in [0.3, 0.4) is 0 Å². The molecule has 0 aliphatic heterocycles. The molecule has 0 bridgehead atoms. The van der Waals surface area contributed by atoms with Gasteiger partial charge in [-0.3, -0.25) is 0 Å². The van der Waals surface area contributed by atoms with Crippen molar-refractivity contribution < 1.29 is 9.84 Å². The maximum absolute atomic E-state index is 9.78. The van der Waals surface area contributed by atoms with Crippen LogP contribution < -0.4 is 5.32 Å². The molecule has 0 amide bonds. The van der Waals surface area contributed by atoms with Crippen molar-refractivity contribution in [2.24, 2.45) is 0 Å². The quantitative estimate of drug-likeness (QED) is 0.612. The monoisotopic (exact) mass is 318 g/mol. The summed E-state index contributed by atoms with van der Waals surface area (Å²) in [5.41, 5.74) is 2.95. The summed E-state index contributed by atoms with van der Waals surface area (Å²) in [4.78, 5) is 5.47. The SMILES string of the molecule is CSC(C)CCNCC(O)COCCc1scnc1C. The van der Waals surface area contributed by atoms with Gasteiger partial charge in [0.2, 0.25) is 0 Å². The summed E-state index contributed by atoms with van der Waals surface area (Å²) in [5.74, 6) is 0. The van der Waals surface area contributed by atoms with E-state index in [9.17, 15) is 5.11 Å². The first-order valence-corrected chi connectivity index (χ1v) is 9.18. The van der Waals surface area contributed by atoms with E-state index >= 15 is 0 Å². The Hall–Kier alpha value is -0.140. The topological polar surface area (TPSA) is 54.4 Å². The predicted octanol–water partition coefficient (Wildman–Crippen LogP) is 2.10. The van der Waals surface area contributed by atoms with Gasteiger partial charge in [0.25, 0.3) is 0 Å². The third-order valence-electron chi connectivity index (χ3n) is 3.14. The Morgan fingerprint density at radius 2 is 2.35 bits per heavy atom. The summed E-state index contributed by atoms with van der Waals surface area (Å²) >= 11 is 3.53. The van der Waals surface area contributed by atoms with Crippen LogP contribution in [0.5, 0.6) is 0 Å². The molecule has 0 saturated heterocycles. The van der Waals surface area contributed by atoms with Gasteiger partial charge in [-0.05, 0) is 26.1 Å². The molecule has 0 aromatic carbocycles. The number of thioether (sulfide) groups is 1. The molecular formula is C14H26N2O2S2. The second kappa shape index (κ2) is 10.6. The zero-order valence-electron chi connectivity index (χ0n) is 12.6. The Morgan fingerprint density at radius 3 is 3.00 bits per heavy atom. The van der Waals surface area contributed by atoms with Crippen LogP contribution >= 0.6 is 23.1 Å². The summed E-state index contributed by atoms with van der Waals surface area (Å²) in [6.45, 7) is 6.81. The highest BCUT2D eigenvalue weighted by Gasteiger charge is 2.06. The van der Waals surface area contributed by atoms with Crippen LogP contribution in [-0.4, -0.2) is 54.0 Å². The maximum Gasteiger partial charge on any atom is 0.0897 e. The van der Waals surface area contributed by atoms with E-state index in [0.29, 0.717) is 25.0 Å². The van der Waals surface area contributed by atoms with Crippen LogP contribution in [0.25, 0.3) is 0 Å². The molecule has 116 valence electrons. The molecule has 0 spiro atoms. The van der Waals surface area contributed by atoms with Crippen molar-refractivity contribution in [1.82, 2.24) is 10.3 Å². The Labute approximate surface area is 130 Å². The summed E-state index contributed by atoms with van der Waals surface area (Å²) < 4.78 is 5.51. The van der Waals surface area contributed by atoms with E-state index in [1.54, 1.807) is 11.3 Å². The fourth-order valence-electron chi connectivity index (χ4n) is 1.70. The van der Waals surface area contributed by atoms with Gasteiger partial charge >= 0.3 is 0 Å². The number of nitrogens with zero attached hydrogens (tertiary/aromatic N) is 1. The van der Waals surface area contributed by atoms with Gasteiger partial charge < -0.3 is 15.2 Å². The van der Waals surface area contributed by atoms with E-state index in [4.69, 9.17) is 4.74 Å². The summed E-state index contributed by atoms with van der Waals surface area (Å²) in [7, 11) is 0. The molecule has 4 nitrogen and oxygen atoms in total. The van der Waals surface area contributed by atoms with Crippen LogP contribution in [0.4, 0.5) is 0 Å². The Morgan fingerprint density at radius 1 is 1.55 bits per heavy atom. The number of aliphatic hydroxyl groups excluding tert-OH is 1. The molecule has 20 heavy (non-hydrogen) atoms. The molecular weight excluding hydrogens is 292 g/mol. The number of aromatic nitrogens is 1. The van der Waals surface area contributed by atoms with Gasteiger partial charge in [0.05, 0.1) is 30.5 Å². The number of ether oxygens (including phenoxy) is 1. The molecule has 1 heterocycles. The van der Waals surface area contributed by atoms with Crippen LogP contribution in [0.15, 0.2) is 5.51 Å². The summed E-state index contributed by atoms with van der Waals surface area (Å²) in [6, 6.07) is 0. The highest BCUT2D eigenvalue weighted by Crippen LogP contribution is 2.12. The summed E-state index contributed by atoms with van der Waals surface area (Å²) in [6.07, 6.45) is 3.70. The third-order valence-corrected chi connectivity index (χ3v) is 5.17. The van der Waals surface area contributed by atoms with E-state index in [2.05, 4.69) is 23.5 Å². The number of nitrogens with one attached hydrogen (secondary N) is 1. The van der Waals surface area contributed by atoms with Crippen molar-refractivity contribution in [3.8, 4) is 0 Å². The van der Waals surface area contributed by atoms with E-state index in [0.717, 1.165) is 25.1 Å². The van der Waals surface area contributed by atoms with Crippen molar-refractivity contribution in [3.63, 3.8) is 0 Å². The lowest BCUT2D eigenvalue weighted by molar-refractivity contribution is 0.0386. The van der Waals surface area contributed by atoms with Crippen LogP contribution in [0, 0.1) is 6.92 Å². The first-order valence-electron chi connectivity index (χ1n) is 7.01. The van der Waals surface area contributed by atoms with Gasteiger partial charge in [0.15, 0.2) is 0 Å². The maximum atomic E-state index is 9.78. The molecule has 0 saturated carbocycles. The Kier molecular flexibility index (Phi) is 9.46. The minimum atomic E-state index is -0.429. The predicted molar refractivity (Wildman–Crippen MR) is 87.8 cm³/mol. The number of hydrogen-bond donors (Lipinski definition) is 2. The van der Waals surface area contributed by atoms with Crippen LogP contribution in [-0.2, 0) is 11.2 Å². The smallest absolute Gasteiger partial charge is 0.0897 e. The molecule has 2 unspecified atom stereocenters. The van der Waals surface area contributed by atoms with Crippen molar-refractivity contribution in [1.29, 1.82) is 0 Å². The van der Waals surface area contributed by atoms with Gasteiger partial charge in [-0.15, -0.1) is 11.3 Å². The van der Waals surface area contributed by atoms with Crippen molar-refractivity contribution in [2.45, 2.75) is 38.0 Å². The number of aliphatic hydroxyl groups is 1. The largest absolute Gasteiger partial charge is 0.389 e. The van der Waals surface area contributed by atoms with Crippen molar-refractivity contribution >= 4 is 23.1 Å². The molecule has 1 rings (SSSR count). The van der Waals surface area contributed by atoms with Gasteiger partial charge in [0, 0.05) is 23.1 Å². The fourth-order valence-corrected chi connectivity index (χ4v) is 2.82. The number of hydrogen-bond acceptors (Lipinski definition) is 6. The number of thiazole rings is 1. The normalized spacial score (nSPS) is 14.4. The molecule has 0 radical (unpaired) electrons. The molecule has 0 aliphatic carbocycles. The zero-order chi connectivity index (χ0) is 14.8. The standard InChI is InChI=1S/C14H26N2O2S2/c1-11(19-3)4-6-15-8-13(17)9-18-7-5-14-12(2)16-10-20-14/h10-11,13,15,17H,4-9H2,1-3H3. The number of rotatable bonds is 11. The average molecular weight is 319 g/mol. The lowest BCUT2D eigenvalue weighted by atomic mass is 10.3. The van der Waals surface area contributed by atoms with Gasteiger partial charge in [0.1, 0.15) is 0 Å². The van der Waals surface area contributed by atoms with E-state index in [-0.39, 0.29) is 0 Å². The van der Waals surface area contributed by atoms with Gasteiger partial charge in [-0.2, -0.15) is 11.8 Å². The summed E-state index contributed by atoms with van der Waals surface area (Å²) in [5, 5.41) is 13.7. The average Bonchev–Trinajstić information content (AvgIpc) is 2.85. The third kappa shape index (κ3) is 7.59. The van der Waals surface area contributed by atoms with E-state index < -0.39 is 6.10 Å². The molecule has 0 fully saturated rings. The molecule has 2 N–H and O–H groups in total. The molecule has 2 atom stereocenters. The Balaban J connectivity index is 1.97. The van der Waals surface area contributed by atoms with Gasteiger partial charge in [-0.25, -0.2) is 4.98 Å². The minimum absolute atomic E-state index is 0.392. The van der Waals surface area contributed by atoms with Crippen molar-refractivity contribution in [2.75, 3.05) is 32.6 Å². The zero-order valence-corrected chi connectivity index (χ0v) is 14.2. The second-order valence-electron chi connectivity index (χ2n) is 4.88. The Bertz CT molecular complexity index is 361. The number of aryl methyl sites for hydroxylation is 1. The van der Waals surface area contributed by atoms with Crippen LogP contribution in [0.2, 0.25) is 0 Å². The fraction of sp³-hybridized carbons (Fsp3) is 0.786. The minimum Gasteiger partial charge on any atom is -0.389 e. The highest BCUT2D eigenvalue weighted by molar-refractivity contribution is 7.99.